The van der Waals surface area contributed by atoms with Crippen molar-refractivity contribution in [3.8, 4) is 0 Å². The average Bonchev–Trinajstić information content (AvgIpc) is 2.95. The van der Waals surface area contributed by atoms with Gasteiger partial charge in [-0.05, 0) is 66.9 Å². The molecule has 3 aromatic rings. The van der Waals surface area contributed by atoms with Gasteiger partial charge in [-0.2, -0.15) is 0 Å². The number of alkyl halides is 1. The zero-order valence-corrected chi connectivity index (χ0v) is 23.6. The zero-order valence-electron chi connectivity index (χ0n) is 22.9. The van der Waals surface area contributed by atoms with Gasteiger partial charge >= 0.3 is 0 Å². The van der Waals surface area contributed by atoms with Gasteiger partial charge in [0.2, 0.25) is 0 Å². The minimum atomic E-state index is 0.581. The van der Waals surface area contributed by atoms with Crippen molar-refractivity contribution in [2.75, 3.05) is 21.1 Å². The minimum absolute atomic E-state index is 0.581. The van der Waals surface area contributed by atoms with Crippen molar-refractivity contribution in [3.63, 3.8) is 0 Å². The lowest BCUT2D eigenvalue weighted by Crippen LogP contribution is -2.04. The van der Waals surface area contributed by atoms with E-state index in [-0.39, 0.29) is 0 Å². The first-order valence-corrected chi connectivity index (χ1v) is 13.0. The maximum absolute atomic E-state index is 5.60. The van der Waals surface area contributed by atoms with E-state index in [2.05, 4.69) is 91.9 Å². The van der Waals surface area contributed by atoms with E-state index in [1.165, 1.54) is 35.7 Å². The lowest BCUT2D eigenvalue weighted by atomic mass is 9.98. The van der Waals surface area contributed by atoms with Crippen LogP contribution in [0.3, 0.4) is 0 Å². The molecule has 1 unspecified atom stereocenters. The van der Waals surface area contributed by atoms with Crippen LogP contribution in [-0.2, 0) is 19.0 Å². The summed E-state index contributed by atoms with van der Waals surface area (Å²) in [5.41, 5.74) is 12.1. The third kappa shape index (κ3) is 14.0. The Balaban J connectivity index is 0.000000497. The van der Waals surface area contributed by atoms with Gasteiger partial charge < -0.3 is 16.4 Å². The lowest BCUT2D eigenvalue weighted by molar-refractivity contribution is 0.731. The average molecular weight is 508 g/mol. The van der Waals surface area contributed by atoms with Crippen molar-refractivity contribution in [2.24, 2.45) is 5.73 Å². The Kier molecular flexibility index (Phi) is 20.0. The Bertz CT molecular complexity index is 933. The quantitative estimate of drug-likeness (QED) is 0.261. The molecule has 0 saturated carbocycles. The van der Waals surface area contributed by atoms with E-state index in [1.807, 2.05) is 50.5 Å². The molecule has 0 bridgehead atoms. The second-order valence-corrected chi connectivity index (χ2v) is 8.40. The topological polar surface area (TPSA) is 50.1 Å². The summed E-state index contributed by atoms with van der Waals surface area (Å²) in [6, 6.07) is 25.3. The van der Waals surface area contributed by atoms with E-state index < -0.39 is 0 Å². The first kappa shape index (κ1) is 33.3. The molecule has 3 nitrogen and oxygen atoms in total. The normalized spacial score (nSPS) is 10.3. The van der Waals surface area contributed by atoms with Gasteiger partial charge in [-0.25, -0.2) is 0 Å². The van der Waals surface area contributed by atoms with E-state index in [4.69, 9.17) is 11.6 Å². The molecule has 0 aromatic heterocycles. The van der Waals surface area contributed by atoms with Crippen LogP contribution in [0.2, 0.25) is 0 Å². The molecule has 0 heterocycles. The molecule has 0 spiro atoms. The highest BCUT2D eigenvalue weighted by atomic mass is 35.5. The summed E-state index contributed by atoms with van der Waals surface area (Å²) in [4.78, 5) is 0. The van der Waals surface area contributed by atoms with Crippen molar-refractivity contribution in [1.29, 1.82) is 0 Å². The second-order valence-electron chi connectivity index (χ2n) is 8.14. The first-order valence-electron chi connectivity index (χ1n) is 12.5. The van der Waals surface area contributed by atoms with E-state index in [1.54, 1.807) is 0 Å². The summed E-state index contributed by atoms with van der Waals surface area (Å²) in [6.45, 7) is 13.7. The predicted molar refractivity (Wildman–Crippen MR) is 163 cm³/mol. The number of benzene rings is 3. The third-order valence-electron chi connectivity index (χ3n) is 5.51. The van der Waals surface area contributed by atoms with Gasteiger partial charge in [-0.1, -0.05) is 112 Å². The standard InChI is InChI=1S/C12H19N.C10H13N.C9H9Cl.CH5N/c1-4-10(2)12-7-5-11(6-8-12)9-13-3;1-3-9-4-6-10(7-5-9)8-11-2;1-2-8-3-5-9(7-10)6-4-8;1-2/h5-8,10,13H,4,9H2,1-3H3;3-7,11H,1,8H2,2H3;2-6H,1,7H2;2H2,1H3. The largest absolute Gasteiger partial charge is 0.333 e. The van der Waals surface area contributed by atoms with E-state index in [0.29, 0.717) is 11.8 Å². The SMILES string of the molecule is C=Cc1ccc(CCl)cc1.C=Cc1ccc(CNC)cc1.CCC(C)c1ccc(CNC)cc1.CN. The van der Waals surface area contributed by atoms with Crippen molar-refractivity contribution in [1.82, 2.24) is 10.6 Å². The lowest BCUT2D eigenvalue weighted by Gasteiger charge is -2.09. The molecular weight excluding hydrogens is 462 g/mol. The summed E-state index contributed by atoms with van der Waals surface area (Å²) in [7, 11) is 5.42. The Morgan fingerprint density at radius 2 is 1.08 bits per heavy atom. The molecule has 196 valence electrons. The molecule has 1 atom stereocenters. The Morgan fingerprint density at radius 3 is 1.39 bits per heavy atom. The van der Waals surface area contributed by atoms with Crippen LogP contribution in [0.4, 0.5) is 0 Å². The monoisotopic (exact) mass is 507 g/mol. The molecule has 0 aliphatic rings. The highest BCUT2D eigenvalue weighted by molar-refractivity contribution is 6.17. The van der Waals surface area contributed by atoms with Crippen molar-refractivity contribution >= 4 is 23.8 Å². The molecule has 0 fully saturated rings. The second kappa shape index (κ2) is 21.6. The Labute approximate surface area is 225 Å². The van der Waals surface area contributed by atoms with Gasteiger partial charge in [0.05, 0.1) is 0 Å². The van der Waals surface area contributed by atoms with Gasteiger partial charge in [0.1, 0.15) is 0 Å². The molecule has 0 aliphatic heterocycles. The molecule has 36 heavy (non-hydrogen) atoms. The highest BCUT2D eigenvalue weighted by Crippen LogP contribution is 2.18. The van der Waals surface area contributed by atoms with Gasteiger partial charge in [0.15, 0.2) is 0 Å². The predicted octanol–water partition coefficient (Wildman–Crippen LogP) is 7.61. The van der Waals surface area contributed by atoms with Crippen molar-refractivity contribution in [3.05, 3.63) is 119 Å². The molecule has 4 heteroatoms. The number of hydrogen-bond acceptors (Lipinski definition) is 3. The van der Waals surface area contributed by atoms with Gasteiger partial charge in [0, 0.05) is 19.0 Å². The number of halogens is 1. The number of nitrogens with one attached hydrogen (secondary N) is 2. The van der Waals surface area contributed by atoms with Crippen molar-refractivity contribution in [2.45, 2.75) is 45.2 Å². The number of rotatable bonds is 9. The smallest absolute Gasteiger partial charge is 0.0474 e. The maximum Gasteiger partial charge on any atom is 0.0474 e. The minimum Gasteiger partial charge on any atom is -0.333 e. The fourth-order valence-electron chi connectivity index (χ4n) is 3.12. The summed E-state index contributed by atoms with van der Waals surface area (Å²) in [5.74, 6) is 1.26. The molecular formula is C32H46ClN3. The van der Waals surface area contributed by atoms with Crippen LogP contribution in [0, 0.1) is 0 Å². The van der Waals surface area contributed by atoms with Crippen LogP contribution in [-0.4, -0.2) is 21.1 Å². The van der Waals surface area contributed by atoms with Crippen LogP contribution in [0.15, 0.2) is 86.0 Å². The van der Waals surface area contributed by atoms with Crippen LogP contribution in [0.5, 0.6) is 0 Å². The third-order valence-corrected chi connectivity index (χ3v) is 5.82. The molecule has 3 rings (SSSR count). The number of nitrogens with two attached hydrogens (primary N) is 1. The molecule has 0 radical (unpaired) electrons. The van der Waals surface area contributed by atoms with E-state index >= 15 is 0 Å². The summed E-state index contributed by atoms with van der Waals surface area (Å²) >= 11 is 5.60. The van der Waals surface area contributed by atoms with Crippen LogP contribution in [0.25, 0.3) is 12.2 Å². The van der Waals surface area contributed by atoms with E-state index in [9.17, 15) is 0 Å². The summed E-state index contributed by atoms with van der Waals surface area (Å²) in [6.07, 6.45) is 4.88. The number of hydrogen-bond donors (Lipinski definition) is 3. The van der Waals surface area contributed by atoms with Crippen LogP contribution in [0.1, 0.15) is 59.6 Å². The molecule has 0 amide bonds. The van der Waals surface area contributed by atoms with Crippen molar-refractivity contribution < 1.29 is 0 Å². The zero-order chi connectivity index (χ0) is 27.2. The molecule has 0 saturated heterocycles. The van der Waals surface area contributed by atoms with Crippen LogP contribution < -0.4 is 16.4 Å². The molecule has 3 aromatic carbocycles. The van der Waals surface area contributed by atoms with E-state index in [0.717, 1.165) is 24.2 Å². The van der Waals surface area contributed by atoms with Crippen LogP contribution >= 0.6 is 11.6 Å². The molecule has 0 aliphatic carbocycles. The highest BCUT2D eigenvalue weighted by Gasteiger charge is 2.01. The Morgan fingerprint density at radius 1 is 0.722 bits per heavy atom. The fraction of sp³-hybridized carbons (Fsp3) is 0.312. The maximum atomic E-state index is 5.60. The van der Waals surface area contributed by atoms with Gasteiger partial charge in [-0.15, -0.1) is 11.6 Å². The van der Waals surface area contributed by atoms with Gasteiger partial charge in [-0.3, -0.25) is 0 Å². The van der Waals surface area contributed by atoms with Gasteiger partial charge in [0.25, 0.3) is 0 Å². The fourth-order valence-corrected chi connectivity index (χ4v) is 3.30. The molecule has 4 N–H and O–H groups in total. The Hall–Kier alpha value is -2.69. The summed E-state index contributed by atoms with van der Waals surface area (Å²) in [5, 5.41) is 6.24. The first-order chi connectivity index (χ1) is 17.5. The summed E-state index contributed by atoms with van der Waals surface area (Å²) < 4.78 is 0.